The van der Waals surface area contributed by atoms with Crippen LogP contribution in [0.1, 0.15) is 40.0 Å². The molecule has 0 unspecified atom stereocenters. The van der Waals surface area contributed by atoms with Crippen molar-refractivity contribution < 1.29 is 9.84 Å². The lowest BCUT2D eigenvalue weighted by atomic mass is 9.70. The zero-order valence-corrected chi connectivity index (χ0v) is 17.2. The number of nitrogens with zero attached hydrogens (tertiary/aromatic N) is 2. The predicted octanol–water partition coefficient (Wildman–Crippen LogP) is 3.40. The molecule has 0 spiro atoms. The van der Waals surface area contributed by atoms with Gasteiger partial charge in [0.1, 0.15) is 0 Å². The molecule has 2 bridgehead atoms. The fraction of sp³-hybridized carbons (Fsp3) is 0.739. The average Bonchev–Trinajstić information content (AvgIpc) is 3.01. The first-order chi connectivity index (χ1) is 12.9. The third-order valence-corrected chi connectivity index (χ3v) is 8.17. The molecule has 0 aromatic heterocycles. The number of β-amino-alcohol motifs (C(OH)–C–C–N with tert-alkyl or cyclic N) is 1. The normalized spacial score (nSPS) is 34.1. The van der Waals surface area contributed by atoms with Crippen LogP contribution in [0.3, 0.4) is 0 Å². The van der Waals surface area contributed by atoms with Gasteiger partial charge in [0.05, 0.1) is 18.8 Å². The summed E-state index contributed by atoms with van der Waals surface area (Å²) in [7, 11) is 0. The summed E-state index contributed by atoms with van der Waals surface area (Å²) in [5, 5.41) is 10.5. The summed E-state index contributed by atoms with van der Waals surface area (Å²) in [6.45, 7) is 12.5. The molecule has 1 aromatic rings. The van der Waals surface area contributed by atoms with E-state index < -0.39 is 0 Å². The van der Waals surface area contributed by atoms with Crippen molar-refractivity contribution in [3.05, 3.63) is 30.3 Å². The van der Waals surface area contributed by atoms with E-state index in [-0.39, 0.29) is 11.5 Å². The van der Waals surface area contributed by atoms with E-state index >= 15 is 0 Å². The molecule has 2 saturated carbocycles. The Morgan fingerprint density at radius 1 is 1.11 bits per heavy atom. The second-order valence-corrected chi connectivity index (χ2v) is 9.71. The number of aliphatic hydroxyl groups is 1. The van der Waals surface area contributed by atoms with Crippen LogP contribution in [0.2, 0.25) is 0 Å². The van der Waals surface area contributed by atoms with Gasteiger partial charge in [0.15, 0.2) is 0 Å². The Kier molecular flexibility index (Phi) is 5.26. The number of fused-ring (bicyclic) bond motifs is 2. The maximum absolute atomic E-state index is 10.5. The summed E-state index contributed by atoms with van der Waals surface area (Å²) >= 11 is 0. The Labute approximate surface area is 164 Å². The maximum atomic E-state index is 10.5. The summed E-state index contributed by atoms with van der Waals surface area (Å²) < 4.78 is 6.28. The zero-order valence-electron chi connectivity index (χ0n) is 17.2. The van der Waals surface area contributed by atoms with Crippen molar-refractivity contribution in [3.63, 3.8) is 0 Å². The maximum Gasteiger partial charge on any atom is 0.0900 e. The van der Waals surface area contributed by atoms with Gasteiger partial charge in [-0.3, -0.25) is 4.90 Å². The van der Waals surface area contributed by atoms with Crippen molar-refractivity contribution >= 4 is 5.69 Å². The molecule has 150 valence electrons. The van der Waals surface area contributed by atoms with Crippen molar-refractivity contribution in [2.45, 2.75) is 52.2 Å². The topological polar surface area (TPSA) is 35.9 Å². The minimum atomic E-state index is -0.390. The number of aliphatic hydroxyl groups excluding tert-OH is 1. The molecule has 1 aliphatic heterocycles. The van der Waals surface area contributed by atoms with Gasteiger partial charge < -0.3 is 14.7 Å². The monoisotopic (exact) mass is 372 g/mol. The summed E-state index contributed by atoms with van der Waals surface area (Å²) in [6.07, 6.45) is 3.71. The van der Waals surface area contributed by atoms with Gasteiger partial charge in [-0.15, -0.1) is 0 Å². The van der Waals surface area contributed by atoms with Gasteiger partial charge >= 0.3 is 0 Å². The van der Waals surface area contributed by atoms with E-state index in [0.29, 0.717) is 18.1 Å². The fourth-order valence-electron chi connectivity index (χ4n) is 5.79. The minimum Gasteiger partial charge on any atom is -0.389 e. The van der Waals surface area contributed by atoms with Crippen molar-refractivity contribution in [2.24, 2.45) is 16.7 Å². The molecule has 0 radical (unpaired) electrons. The van der Waals surface area contributed by atoms with Crippen LogP contribution in [0.15, 0.2) is 30.3 Å². The third-order valence-electron chi connectivity index (χ3n) is 8.17. The van der Waals surface area contributed by atoms with E-state index in [0.717, 1.165) is 38.6 Å². The molecular weight excluding hydrogens is 336 g/mol. The number of piperazine rings is 1. The minimum absolute atomic E-state index is 0.276. The summed E-state index contributed by atoms with van der Waals surface area (Å²) in [5.41, 5.74) is 1.95. The standard InChI is InChI=1S/C23H36N2O2/c1-22(2)18-9-10-23(22,3)21(15-18)27-17-20(26)16-24-11-13-25(14-12-24)19-7-5-4-6-8-19/h4-8,18,20-21,26H,9-17H2,1-3H3/t18-,20-,21-,23+/m1/s1. The highest BCUT2D eigenvalue weighted by Crippen LogP contribution is 2.66. The Balaban J connectivity index is 1.21. The number of hydrogen-bond acceptors (Lipinski definition) is 4. The van der Waals surface area contributed by atoms with Crippen molar-refractivity contribution in [1.29, 1.82) is 0 Å². The van der Waals surface area contributed by atoms with Crippen LogP contribution >= 0.6 is 0 Å². The first-order valence-electron chi connectivity index (χ1n) is 10.7. The molecule has 1 heterocycles. The second-order valence-electron chi connectivity index (χ2n) is 9.71. The van der Waals surface area contributed by atoms with Gasteiger partial charge in [-0.25, -0.2) is 0 Å². The van der Waals surface area contributed by atoms with Crippen LogP contribution in [-0.4, -0.2) is 61.5 Å². The first-order valence-corrected chi connectivity index (χ1v) is 10.7. The van der Waals surface area contributed by atoms with Gasteiger partial charge in [0, 0.05) is 38.4 Å². The third kappa shape index (κ3) is 3.52. The van der Waals surface area contributed by atoms with E-state index in [2.05, 4.69) is 60.9 Å². The SMILES string of the molecule is CC1(C)[C@@H]2CC[C@@]1(C)[C@H](OC[C@H](O)CN1CCN(c3ccccc3)CC1)C2. The lowest BCUT2D eigenvalue weighted by Crippen LogP contribution is -2.49. The smallest absolute Gasteiger partial charge is 0.0900 e. The van der Waals surface area contributed by atoms with E-state index in [4.69, 9.17) is 4.74 Å². The highest BCUT2D eigenvalue weighted by atomic mass is 16.5. The molecule has 4 nitrogen and oxygen atoms in total. The molecular formula is C23H36N2O2. The summed E-state index contributed by atoms with van der Waals surface area (Å²) in [4.78, 5) is 4.80. The van der Waals surface area contributed by atoms with Gasteiger partial charge in [0.2, 0.25) is 0 Å². The molecule has 3 fully saturated rings. The van der Waals surface area contributed by atoms with Gasteiger partial charge in [-0.1, -0.05) is 39.0 Å². The highest BCUT2D eigenvalue weighted by Gasteiger charge is 2.61. The van der Waals surface area contributed by atoms with Gasteiger partial charge in [-0.05, 0) is 48.1 Å². The quantitative estimate of drug-likeness (QED) is 0.830. The Morgan fingerprint density at radius 2 is 1.81 bits per heavy atom. The Bertz CT molecular complexity index is 627. The van der Waals surface area contributed by atoms with Crippen LogP contribution in [-0.2, 0) is 4.74 Å². The number of para-hydroxylation sites is 1. The predicted molar refractivity (Wildman–Crippen MR) is 110 cm³/mol. The van der Waals surface area contributed by atoms with Crippen molar-refractivity contribution in [2.75, 3.05) is 44.2 Å². The molecule has 1 N–H and O–H groups in total. The summed E-state index contributed by atoms with van der Waals surface area (Å²) in [6, 6.07) is 10.6. The van der Waals surface area contributed by atoms with Gasteiger partial charge in [0.25, 0.3) is 0 Å². The molecule has 1 aromatic carbocycles. The molecule has 4 rings (SSSR count). The van der Waals surface area contributed by atoms with Crippen LogP contribution in [0.25, 0.3) is 0 Å². The number of ether oxygens (including phenoxy) is 1. The van der Waals surface area contributed by atoms with Crippen LogP contribution in [0, 0.1) is 16.7 Å². The highest BCUT2D eigenvalue weighted by molar-refractivity contribution is 5.46. The van der Waals surface area contributed by atoms with Crippen LogP contribution in [0.4, 0.5) is 5.69 Å². The number of rotatable bonds is 6. The molecule has 1 saturated heterocycles. The second kappa shape index (κ2) is 7.38. The largest absolute Gasteiger partial charge is 0.389 e. The van der Waals surface area contributed by atoms with Crippen molar-refractivity contribution in [3.8, 4) is 0 Å². The van der Waals surface area contributed by atoms with E-state index in [1.165, 1.54) is 24.9 Å². The lowest BCUT2D eigenvalue weighted by Gasteiger charge is -2.39. The summed E-state index contributed by atoms with van der Waals surface area (Å²) in [5.74, 6) is 0.788. The van der Waals surface area contributed by atoms with E-state index in [1.807, 2.05) is 0 Å². The Morgan fingerprint density at radius 3 is 2.41 bits per heavy atom. The fourth-order valence-corrected chi connectivity index (χ4v) is 5.79. The number of benzene rings is 1. The molecule has 27 heavy (non-hydrogen) atoms. The Hall–Kier alpha value is -1.10. The van der Waals surface area contributed by atoms with Gasteiger partial charge in [-0.2, -0.15) is 0 Å². The zero-order chi connectivity index (χ0) is 19.1. The molecule has 2 aliphatic carbocycles. The molecule has 4 heteroatoms. The van der Waals surface area contributed by atoms with E-state index in [1.54, 1.807) is 0 Å². The molecule has 3 aliphatic rings. The average molecular weight is 373 g/mol. The lowest BCUT2D eigenvalue weighted by molar-refractivity contribution is -0.0794. The number of hydrogen-bond donors (Lipinski definition) is 1. The van der Waals surface area contributed by atoms with E-state index in [9.17, 15) is 5.11 Å². The number of anilines is 1. The van der Waals surface area contributed by atoms with Crippen molar-refractivity contribution in [1.82, 2.24) is 4.90 Å². The molecule has 0 amide bonds. The van der Waals surface area contributed by atoms with Crippen LogP contribution in [0.5, 0.6) is 0 Å². The van der Waals surface area contributed by atoms with Crippen LogP contribution < -0.4 is 4.90 Å². The first kappa shape index (κ1) is 19.2. The molecule has 4 atom stereocenters.